The monoisotopic (exact) mass is 245 g/mol. The van der Waals surface area contributed by atoms with Gasteiger partial charge in [0.05, 0.1) is 6.04 Å². The zero-order valence-electron chi connectivity index (χ0n) is 10.1. The SMILES string of the molecule is CCC[C@H](N)C(=O)NCCN1CCSCC1. The molecule has 0 spiro atoms. The second-order valence-corrected chi connectivity index (χ2v) is 5.36. The van der Waals surface area contributed by atoms with Gasteiger partial charge >= 0.3 is 0 Å². The normalized spacial score (nSPS) is 19.4. The van der Waals surface area contributed by atoms with Crippen LogP contribution in [0.15, 0.2) is 0 Å². The molecule has 5 heteroatoms. The molecule has 16 heavy (non-hydrogen) atoms. The summed E-state index contributed by atoms with van der Waals surface area (Å²) in [6, 6.07) is -0.332. The third-order valence-electron chi connectivity index (χ3n) is 2.77. The highest BCUT2D eigenvalue weighted by Crippen LogP contribution is 2.07. The molecule has 0 bridgehead atoms. The summed E-state index contributed by atoms with van der Waals surface area (Å²) in [6.07, 6.45) is 1.73. The second kappa shape index (κ2) is 7.92. The van der Waals surface area contributed by atoms with Gasteiger partial charge in [0.15, 0.2) is 0 Å². The van der Waals surface area contributed by atoms with Crippen LogP contribution in [0.4, 0.5) is 0 Å². The van der Waals surface area contributed by atoms with E-state index in [1.54, 1.807) is 0 Å². The Bertz CT molecular complexity index is 207. The van der Waals surface area contributed by atoms with Gasteiger partial charge in [0.2, 0.25) is 5.91 Å². The number of thioether (sulfide) groups is 1. The highest BCUT2D eigenvalue weighted by molar-refractivity contribution is 7.99. The standard InChI is InChI=1S/C11H23N3OS/c1-2-3-10(12)11(15)13-4-5-14-6-8-16-9-7-14/h10H,2-9,12H2,1H3,(H,13,15)/t10-/m0/s1. The molecular formula is C11H23N3OS. The Balaban J connectivity index is 2.07. The molecule has 1 atom stereocenters. The van der Waals surface area contributed by atoms with Crippen molar-refractivity contribution in [3.63, 3.8) is 0 Å². The first-order valence-corrected chi connectivity index (χ1v) is 7.23. The number of carbonyl (C=O) groups excluding carboxylic acids is 1. The van der Waals surface area contributed by atoms with Gasteiger partial charge in [-0.2, -0.15) is 11.8 Å². The zero-order valence-corrected chi connectivity index (χ0v) is 10.9. The van der Waals surface area contributed by atoms with Crippen molar-refractivity contribution in [2.45, 2.75) is 25.8 Å². The lowest BCUT2D eigenvalue weighted by molar-refractivity contribution is -0.122. The van der Waals surface area contributed by atoms with Gasteiger partial charge in [0, 0.05) is 37.7 Å². The number of hydrogen-bond donors (Lipinski definition) is 2. The van der Waals surface area contributed by atoms with Crippen molar-refractivity contribution in [1.82, 2.24) is 10.2 Å². The summed E-state index contributed by atoms with van der Waals surface area (Å²) in [5.41, 5.74) is 5.72. The first-order chi connectivity index (χ1) is 7.74. The lowest BCUT2D eigenvalue weighted by Crippen LogP contribution is -2.44. The maximum atomic E-state index is 11.5. The molecule has 1 rings (SSSR count). The van der Waals surface area contributed by atoms with Crippen LogP contribution < -0.4 is 11.1 Å². The Hall–Kier alpha value is -0.260. The van der Waals surface area contributed by atoms with Gasteiger partial charge in [-0.1, -0.05) is 13.3 Å². The van der Waals surface area contributed by atoms with Crippen LogP contribution in [0.3, 0.4) is 0 Å². The first-order valence-electron chi connectivity index (χ1n) is 6.07. The lowest BCUT2D eigenvalue weighted by Gasteiger charge is -2.26. The molecule has 0 radical (unpaired) electrons. The Labute approximate surface area is 102 Å². The highest BCUT2D eigenvalue weighted by atomic mass is 32.2. The van der Waals surface area contributed by atoms with Crippen molar-refractivity contribution in [2.75, 3.05) is 37.7 Å². The Morgan fingerprint density at radius 3 is 2.81 bits per heavy atom. The van der Waals surface area contributed by atoms with Crippen LogP contribution in [-0.2, 0) is 4.79 Å². The van der Waals surface area contributed by atoms with Crippen molar-refractivity contribution in [1.29, 1.82) is 0 Å². The first kappa shape index (κ1) is 13.8. The fourth-order valence-electron chi connectivity index (χ4n) is 1.74. The van der Waals surface area contributed by atoms with Crippen LogP contribution in [-0.4, -0.2) is 54.5 Å². The van der Waals surface area contributed by atoms with E-state index in [0.29, 0.717) is 0 Å². The van der Waals surface area contributed by atoms with Gasteiger partial charge in [-0.05, 0) is 6.42 Å². The minimum atomic E-state index is -0.332. The molecule has 0 aromatic rings. The number of rotatable bonds is 6. The molecule has 1 heterocycles. The number of hydrogen-bond acceptors (Lipinski definition) is 4. The predicted octanol–water partition coefficient (Wildman–Crippen LogP) is 0.279. The average molecular weight is 245 g/mol. The molecule has 0 aliphatic carbocycles. The predicted molar refractivity (Wildman–Crippen MR) is 69.7 cm³/mol. The van der Waals surface area contributed by atoms with Crippen LogP contribution in [0, 0.1) is 0 Å². The largest absolute Gasteiger partial charge is 0.353 e. The van der Waals surface area contributed by atoms with E-state index in [4.69, 9.17) is 5.73 Å². The quantitative estimate of drug-likeness (QED) is 0.706. The number of amides is 1. The third kappa shape index (κ3) is 5.18. The summed E-state index contributed by atoms with van der Waals surface area (Å²) in [6.45, 7) is 5.99. The van der Waals surface area contributed by atoms with Gasteiger partial charge < -0.3 is 11.1 Å². The molecule has 0 saturated carbocycles. The number of nitrogens with one attached hydrogen (secondary N) is 1. The molecule has 1 aliphatic rings. The van der Waals surface area contributed by atoms with E-state index in [1.807, 2.05) is 18.7 Å². The van der Waals surface area contributed by atoms with Gasteiger partial charge in [0.1, 0.15) is 0 Å². The van der Waals surface area contributed by atoms with E-state index in [2.05, 4.69) is 10.2 Å². The molecule has 1 saturated heterocycles. The number of carbonyl (C=O) groups is 1. The summed E-state index contributed by atoms with van der Waals surface area (Å²) in [5, 5.41) is 2.90. The maximum Gasteiger partial charge on any atom is 0.236 e. The second-order valence-electron chi connectivity index (χ2n) is 4.14. The molecule has 1 aliphatic heterocycles. The summed E-state index contributed by atoms with van der Waals surface area (Å²) in [4.78, 5) is 13.9. The minimum absolute atomic E-state index is 0.00626. The van der Waals surface area contributed by atoms with Crippen molar-refractivity contribution in [2.24, 2.45) is 5.73 Å². The molecule has 0 aromatic heterocycles. The van der Waals surface area contributed by atoms with Gasteiger partial charge in [-0.3, -0.25) is 9.69 Å². The Kier molecular flexibility index (Phi) is 6.84. The fourth-order valence-corrected chi connectivity index (χ4v) is 2.71. The highest BCUT2D eigenvalue weighted by Gasteiger charge is 2.13. The zero-order chi connectivity index (χ0) is 11.8. The molecule has 0 aromatic carbocycles. The molecule has 1 amide bonds. The maximum absolute atomic E-state index is 11.5. The molecular weight excluding hydrogens is 222 g/mol. The van der Waals surface area contributed by atoms with Gasteiger partial charge in [-0.15, -0.1) is 0 Å². The van der Waals surface area contributed by atoms with Crippen LogP contribution in [0.25, 0.3) is 0 Å². The van der Waals surface area contributed by atoms with Gasteiger partial charge in [0.25, 0.3) is 0 Å². The minimum Gasteiger partial charge on any atom is -0.353 e. The summed E-state index contributed by atoms with van der Waals surface area (Å²) < 4.78 is 0. The molecule has 1 fully saturated rings. The number of nitrogens with two attached hydrogens (primary N) is 1. The van der Waals surface area contributed by atoms with E-state index in [9.17, 15) is 4.79 Å². The van der Waals surface area contributed by atoms with Gasteiger partial charge in [-0.25, -0.2) is 0 Å². The van der Waals surface area contributed by atoms with E-state index < -0.39 is 0 Å². The van der Waals surface area contributed by atoms with Crippen molar-refractivity contribution >= 4 is 17.7 Å². The Morgan fingerprint density at radius 1 is 1.50 bits per heavy atom. The van der Waals surface area contributed by atoms with Crippen LogP contribution in [0.1, 0.15) is 19.8 Å². The van der Waals surface area contributed by atoms with E-state index >= 15 is 0 Å². The van der Waals surface area contributed by atoms with E-state index in [-0.39, 0.29) is 11.9 Å². The molecule has 94 valence electrons. The number of nitrogens with zero attached hydrogens (tertiary/aromatic N) is 1. The van der Waals surface area contributed by atoms with Crippen molar-refractivity contribution < 1.29 is 4.79 Å². The van der Waals surface area contributed by atoms with Crippen LogP contribution >= 0.6 is 11.8 Å². The molecule has 4 nitrogen and oxygen atoms in total. The van der Waals surface area contributed by atoms with Crippen LogP contribution in [0.5, 0.6) is 0 Å². The van der Waals surface area contributed by atoms with Crippen molar-refractivity contribution in [3.8, 4) is 0 Å². The van der Waals surface area contributed by atoms with E-state index in [0.717, 1.165) is 39.0 Å². The third-order valence-corrected chi connectivity index (χ3v) is 3.71. The topological polar surface area (TPSA) is 58.4 Å². The van der Waals surface area contributed by atoms with E-state index in [1.165, 1.54) is 11.5 Å². The van der Waals surface area contributed by atoms with Crippen LogP contribution in [0.2, 0.25) is 0 Å². The average Bonchev–Trinajstić information content (AvgIpc) is 2.30. The smallest absolute Gasteiger partial charge is 0.236 e. The summed E-state index contributed by atoms with van der Waals surface area (Å²) >= 11 is 2.00. The van der Waals surface area contributed by atoms with Crippen molar-refractivity contribution in [3.05, 3.63) is 0 Å². The molecule has 3 N–H and O–H groups in total. The fraction of sp³-hybridized carbons (Fsp3) is 0.909. The molecule has 0 unspecified atom stereocenters. The summed E-state index contributed by atoms with van der Waals surface area (Å²) in [5.74, 6) is 2.42. The lowest BCUT2D eigenvalue weighted by atomic mass is 10.2. The summed E-state index contributed by atoms with van der Waals surface area (Å²) in [7, 11) is 0. The Morgan fingerprint density at radius 2 is 2.19 bits per heavy atom.